The monoisotopic (exact) mass is 299 g/mol. The molecule has 0 saturated carbocycles. The second-order valence-corrected chi connectivity index (χ2v) is 5.51. The zero-order valence-corrected chi connectivity index (χ0v) is 12.4. The van der Waals surface area contributed by atoms with E-state index in [0.29, 0.717) is 6.04 Å². The predicted molar refractivity (Wildman–Crippen MR) is 76.1 cm³/mol. The first-order chi connectivity index (χ1) is 8.04. The molecule has 2 atom stereocenters. The van der Waals surface area contributed by atoms with Crippen molar-refractivity contribution in [3.63, 3.8) is 0 Å². The Kier molecular flexibility index (Phi) is 6.17. The van der Waals surface area contributed by atoms with Crippen molar-refractivity contribution in [2.24, 2.45) is 0 Å². The van der Waals surface area contributed by atoms with E-state index in [2.05, 4.69) is 41.7 Å². The van der Waals surface area contributed by atoms with Crippen LogP contribution in [0.4, 0.5) is 0 Å². The van der Waals surface area contributed by atoms with Crippen molar-refractivity contribution in [3.8, 4) is 0 Å². The van der Waals surface area contributed by atoms with Gasteiger partial charge in [-0.25, -0.2) is 0 Å². The number of aliphatic hydroxyl groups excluding tert-OH is 1. The molecule has 0 bridgehead atoms. The van der Waals surface area contributed by atoms with Gasteiger partial charge in [0, 0.05) is 17.1 Å². The molecule has 0 heterocycles. The molecule has 1 aromatic rings. The van der Waals surface area contributed by atoms with Crippen molar-refractivity contribution >= 4 is 15.9 Å². The Bertz CT molecular complexity index is 325. The molecule has 0 fully saturated rings. The quantitative estimate of drug-likeness (QED) is 0.867. The summed E-state index contributed by atoms with van der Waals surface area (Å²) in [6.07, 6.45) is 1.56. The van der Waals surface area contributed by atoms with Gasteiger partial charge < -0.3 is 10.0 Å². The number of hydrogen-bond donors (Lipinski definition) is 1. The third-order valence-electron chi connectivity index (χ3n) is 3.35. The molecule has 2 nitrogen and oxygen atoms in total. The van der Waals surface area contributed by atoms with Crippen molar-refractivity contribution in [2.45, 2.75) is 38.8 Å². The van der Waals surface area contributed by atoms with Gasteiger partial charge in [-0.1, -0.05) is 35.0 Å². The minimum absolute atomic E-state index is 0.366. The summed E-state index contributed by atoms with van der Waals surface area (Å²) < 4.78 is 1.05. The van der Waals surface area contributed by atoms with Gasteiger partial charge in [0.2, 0.25) is 0 Å². The molecule has 0 aliphatic heterocycles. The highest BCUT2D eigenvalue weighted by atomic mass is 79.9. The summed E-state index contributed by atoms with van der Waals surface area (Å²) in [5, 5.41) is 10.1. The van der Waals surface area contributed by atoms with E-state index in [0.717, 1.165) is 29.4 Å². The van der Waals surface area contributed by atoms with Crippen LogP contribution in [0.1, 0.15) is 38.4 Å². The maximum atomic E-state index is 10.1. The molecule has 3 heteroatoms. The number of halogens is 1. The summed E-state index contributed by atoms with van der Waals surface area (Å²) in [4.78, 5) is 2.29. The molecular weight excluding hydrogens is 278 g/mol. The van der Waals surface area contributed by atoms with Gasteiger partial charge >= 0.3 is 0 Å². The van der Waals surface area contributed by atoms with E-state index in [9.17, 15) is 5.11 Å². The Hall–Kier alpha value is -0.380. The molecule has 1 rings (SSSR count). The summed E-state index contributed by atoms with van der Waals surface area (Å²) in [6, 6.07) is 8.45. The van der Waals surface area contributed by atoms with Gasteiger partial charge in [0.15, 0.2) is 0 Å². The van der Waals surface area contributed by atoms with Crippen molar-refractivity contribution in [2.75, 3.05) is 13.6 Å². The van der Waals surface area contributed by atoms with Crippen molar-refractivity contribution in [3.05, 3.63) is 34.3 Å². The molecule has 0 spiro atoms. The average molecular weight is 300 g/mol. The van der Waals surface area contributed by atoms with Crippen LogP contribution in [0.5, 0.6) is 0 Å². The largest absolute Gasteiger partial charge is 0.388 e. The predicted octanol–water partition coefficient (Wildman–Crippen LogP) is 3.60. The van der Waals surface area contributed by atoms with Gasteiger partial charge in [-0.15, -0.1) is 0 Å². The Morgan fingerprint density at radius 1 is 1.29 bits per heavy atom. The first kappa shape index (κ1) is 14.7. The normalized spacial score (nSPS) is 14.9. The second-order valence-electron chi connectivity index (χ2n) is 4.59. The number of rotatable bonds is 6. The van der Waals surface area contributed by atoms with E-state index in [4.69, 9.17) is 0 Å². The summed E-state index contributed by atoms with van der Waals surface area (Å²) in [5.41, 5.74) is 0.991. The van der Waals surface area contributed by atoms with Crippen molar-refractivity contribution < 1.29 is 5.11 Å². The van der Waals surface area contributed by atoms with Gasteiger partial charge in [-0.05, 0) is 44.5 Å². The Morgan fingerprint density at radius 3 is 2.41 bits per heavy atom. The molecule has 0 saturated heterocycles. The fourth-order valence-corrected chi connectivity index (χ4v) is 1.97. The zero-order chi connectivity index (χ0) is 12.8. The molecule has 0 radical (unpaired) electrons. The molecule has 2 unspecified atom stereocenters. The van der Waals surface area contributed by atoms with Crippen LogP contribution >= 0.6 is 15.9 Å². The van der Waals surface area contributed by atoms with Gasteiger partial charge in [-0.3, -0.25) is 0 Å². The topological polar surface area (TPSA) is 23.5 Å². The highest BCUT2D eigenvalue weighted by molar-refractivity contribution is 9.10. The summed E-state index contributed by atoms with van der Waals surface area (Å²) in [5.74, 6) is 0. The van der Waals surface area contributed by atoms with Crippen LogP contribution in [0.3, 0.4) is 0 Å². The smallest absolute Gasteiger partial charge is 0.0802 e. The lowest BCUT2D eigenvalue weighted by atomic mass is 10.1. The minimum atomic E-state index is -0.366. The molecule has 0 aliphatic carbocycles. The molecular formula is C14H22BrNO. The van der Waals surface area contributed by atoms with Crippen LogP contribution in [-0.2, 0) is 0 Å². The fourth-order valence-electron chi connectivity index (χ4n) is 1.71. The average Bonchev–Trinajstić information content (AvgIpc) is 2.35. The third kappa shape index (κ3) is 4.78. The number of hydrogen-bond acceptors (Lipinski definition) is 2. The standard InChI is InChI=1S/C14H22BrNO/c1-4-11(2)16(3)10-9-14(17)12-5-7-13(15)8-6-12/h5-8,11,14,17H,4,9-10H2,1-3H3. The summed E-state index contributed by atoms with van der Waals surface area (Å²) in [6.45, 7) is 5.32. The Labute approximate surface area is 113 Å². The van der Waals surface area contributed by atoms with E-state index in [1.54, 1.807) is 0 Å². The van der Waals surface area contributed by atoms with Crippen molar-refractivity contribution in [1.29, 1.82) is 0 Å². The highest BCUT2D eigenvalue weighted by Crippen LogP contribution is 2.19. The van der Waals surface area contributed by atoms with E-state index >= 15 is 0 Å². The second kappa shape index (κ2) is 7.14. The lowest BCUT2D eigenvalue weighted by Crippen LogP contribution is -2.30. The molecule has 1 aromatic carbocycles. The third-order valence-corrected chi connectivity index (χ3v) is 3.88. The first-order valence-corrected chi connectivity index (χ1v) is 6.97. The molecule has 0 aliphatic rings. The van der Waals surface area contributed by atoms with E-state index in [1.807, 2.05) is 24.3 Å². The Balaban J connectivity index is 2.44. The molecule has 0 amide bonds. The van der Waals surface area contributed by atoms with Crippen LogP contribution in [0.25, 0.3) is 0 Å². The maximum absolute atomic E-state index is 10.1. The van der Waals surface area contributed by atoms with E-state index < -0.39 is 0 Å². The lowest BCUT2D eigenvalue weighted by molar-refractivity contribution is 0.138. The van der Waals surface area contributed by atoms with Crippen LogP contribution in [0.15, 0.2) is 28.7 Å². The van der Waals surface area contributed by atoms with Gasteiger partial charge in [0.25, 0.3) is 0 Å². The zero-order valence-electron chi connectivity index (χ0n) is 10.9. The number of benzene rings is 1. The maximum Gasteiger partial charge on any atom is 0.0802 e. The first-order valence-electron chi connectivity index (χ1n) is 6.18. The highest BCUT2D eigenvalue weighted by Gasteiger charge is 2.11. The molecule has 96 valence electrons. The van der Waals surface area contributed by atoms with E-state index in [-0.39, 0.29) is 6.10 Å². The van der Waals surface area contributed by atoms with Gasteiger partial charge in [-0.2, -0.15) is 0 Å². The van der Waals surface area contributed by atoms with Crippen LogP contribution < -0.4 is 0 Å². The molecule has 1 N–H and O–H groups in total. The molecule has 0 aromatic heterocycles. The lowest BCUT2D eigenvalue weighted by Gasteiger charge is -2.24. The minimum Gasteiger partial charge on any atom is -0.388 e. The van der Waals surface area contributed by atoms with Crippen LogP contribution in [0.2, 0.25) is 0 Å². The summed E-state index contributed by atoms with van der Waals surface area (Å²) in [7, 11) is 2.11. The van der Waals surface area contributed by atoms with Crippen LogP contribution in [0, 0.1) is 0 Å². The van der Waals surface area contributed by atoms with Crippen LogP contribution in [-0.4, -0.2) is 29.6 Å². The summed E-state index contributed by atoms with van der Waals surface area (Å²) >= 11 is 3.40. The number of nitrogens with zero attached hydrogens (tertiary/aromatic N) is 1. The van der Waals surface area contributed by atoms with Gasteiger partial charge in [0.1, 0.15) is 0 Å². The number of aliphatic hydroxyl groups is 1. The van der Waals surface area contributed by atoms with Crippen molar-refractivity contribution in [1.82, 2.24) is 4.90 Å². The SMILES string of the molecule is CCC(C)N(C)CCC(O)c1ccc(Br)cc1. The van der Waals surface area contributed by atoms with Gasteiger partial charge in [0.05, 0.1) is 6.10 Å². The van der Waals surface area contributed by atoms with E-state index in [1.165, 1.54) is 0 Å². The fraction of sp³-hybridized carbons (Fsp3) is 0.571. The Morgan fingerprint density at radius 2 is 1.88 bits per heavy atom. The molecule has 17 heavy (non-hydrogen) atoms.